The molecule has 3 heteroatoms. The van der Waals surface area contributed by atoms with Gasteiger partial charge in [-0.25, -0.2) is 0 Å². The van der Waals surface area contributed by atoms with Crippen LogP contribution in [0.2, 0.25) is 0 Å². The van der Waals surface area contributed by atoms with E-state index in [0.29, 0.717) is 6.61 Å². The molecule has 1 unspecified atom stereocenters. The van der Waals surface area contributed by atoms with Crippen LogP contribution in [0.5, 0.6) is 0 Å². The molecule has 0 radical (unpaired) electrons. The molecule has 3 nitrogen and oxygen atoms in total. The van der Waals surface area contributed by atoms with Gasteiger partial charge >= 0.3 is 0 Å². The quantitative estimate of drug-likeness (QED) is 0.854. The molecule has 0 saturated heterocycles. The first-order chi connectivity index (χ1) is 9.34. The zero-order chi connectivity index (χ0) is 13.1. The highest BCUT2D eigenvalue weighted by atomic mass is 16.6. The molecular formula is C16H16N2O. The Hall–Kier alpha value is -2.13. The third-order valence-corrected chi connectivity index (χ3v) is 3.38. The van der Waals surface area contributed by atoms with Crippen LogP contribution in [0.1, 0.15) is 22.7 Å². The molecule has 3 rings (SSSR count). The first kappa shape index (κ1) is 11.9. The number of benzene rings is 2. The first-order valence-electron chi connectivity index (χ1n) is 6.40. The van der Waals surface area contributed by atoms with Gasteiger partial charge < -0.3 is 10.6 Å². The van der Waals surface area contributed by atoms with E-state index in [9.17, 15) is 0 Å². The summed E-state index contributed by atoms with van der Waals surface area (Å²) in [5, 5.41) is 4.21. The van der Waals surface area contributed by atoms with Crippen LogP contribution < -0.4 is 5.73 Å². The lowest BCUT2D eigenvalue weighted by Crippen LogP contribution is -2.16. The van der Waals surface area contributed by atoms with Crippen LogP contribution in [0.25, 0.3) is 0 Å². The monoisotopic (exact) mass is 252 g/mol. The second-order valence-corrected chi connectivity index (χ2v) is 4.69. The molecule has 1 atom stereocenters. The lowest BCUT2D eigenvalue weighted by atomic mass is 10.1. The highest BCUT2D eigenvalue weighted by Gasteiger charge is 2.25. The average Bonchev–Trinajstić information content (AvgIpc) is 2.78. The van der Waals surface area contributed by atoms with Crippen molar-refractivity contribution >= 4 is 5.71 Å². The number of oxime groups is 1. The Labute approximate surface area is 112 Å². The largest absolute Gasteiger partial charge is 0.391 e. The van der Waals surface area contributed by atoms with Crippen molar-refractivity contribution in [3.8, 4) is 0 Å². The molecule has 0 heterocycles. The zero-order valence-corrected chi connectivity index (χ0v) is 10.6. The molecule has 2 aromatic carbocycles. The molecule has 96 valence electrons. The van der Waals surface area contributed by atoms with Crippen molar-refractivity contribution in [2.24, 2.45) is 10.9 Å². The predicted molar refractivity (Wildman–Crippen MR) is 75.7 cm³/mol. The van der Waals surface area contributed by atoms with Crippen molar-refractivity contribution in [2.75, 3.05) is 0 Å². The van der Waals surface area contributed by atoms with Gasteiger partial charge in [0.2, 0.25) is 0 Å². The van der Waals surface area contributed by atoms with Gasteiger partial charge in [-0.15, -0.1) is 0 Å². The number of hydrogen-bond acceptors (Lipinski definition) is 3. The number of hydrogen-bond donors (Lipinski definition) is 1. The fraction of sp³-hybridized carbons (Fsp3) is 0.188. The average molecular weight is 252 g/mol. The summed E-state index contributed by atoms with van der Waals surface area (Å²) >= 11 is 0. The Bertz CT molecular complexity index is 593. The fourth-order valence-corrected chi connectivity index (χ4v) is 2.34. The second-order valence-electron chi connectivity index (χ2n) is 4.69. The van der Waals surface area contributed by atoms with Crippen molar-refractivity contribution in [2.45, 2.75) is 19.1 Å². The summed E-state index contributed by atoms with van der Waals surface area (Å²) in [4.78, 5) is 5.41. The molecule has 0 bridgehead atoms. The normalized spacial score (nSPS) is 19.4. The molecule has 1 aliphatic carbocycles. The molecular weight excluding hydrogens is 236 g/mol. The summed E-state index contributed by atoms with van der Waals surface area (Å²) in [7, 11) is 0. The van der Waals surface area contributed by atoms with Gasteiger partial charge in [0.15, 0.2) is 0 Å². The molecule has 0 amide bonds. The summed E-state index contributed by atoms with van der Waals surface area (Å²) in [6.07, 6.45) is 0.784. The minimum absolute atomic E-state index is 0.132. The third-order valence-electron chi connectivity index (χ3n) is 3.38. The van der Waals surface area contributed by atoms with Crippen LogP contribution in [0.4, 0.5) is 0 Å². The van der Waals surface area contributed by atoms with Gasteiger partial charge in [-0.05, 0) is 16.7 Å². The van der Waals surface area contributed by atoms with E-state index in [1.54, 1.807) is 0 Å². The van der Waals surface area contributed by atoms with Crippen LogP contribution >= 0.6 is 0 Å². The van der Waals surface area contributed by atoms with Crippen molar-refractivity contribution in [3.63, 3.8) is 0 Å². The Morgan fingerprint density at radius 3 is 2.58 bits per heavy atom. The van der Waals surface area contributed by atoms with E-state index in [2.05, 4.69) is 17.3 Å². The van der Waals surface area contributed by atoms with Gasteiger partial charge in [0, 0.05) is 6.42 Å². The van der Waals surface area contributed by atoms with E-state index >= 15 is 0 Å². The third kappa shape index (κ3) is 2.51. The van der Waals surface area contributed by atoms with Gasteiger partial charge in [-0.3, -0.25) is 0 Å². The number of fused-ring (bicyclic) bond motifs is 1. The summed E-state index contributed by atoms with van der Waals surface area (Å²) in [6.45, 7) is 0.480. The van der Waals surface area contributed by atoms with E-state index in [1.165, 1.54) is 5.56 Å². The molecule has 19 heavy (non-hydrogen) atoms. The Morgan fingerprint density at radius 2 is 1.79 bits per heavy atom. The molecule has 0 spiro atoms. The molecule has 0 aromatic heterocycles. The SMILES string of the molecule is NC1/C(=N\OCc2ccccc2)Cc2ccccc21. The van der Waals surface area contributed by atoms with E-state index in [0.717, 1.165) is 23.3 Å². The fourth-order valence-electron chi connectivity index (χ4n) is 2.34. The van der Waals surface area contributed by atoms with Crippen molar-refractivity contribution in [1.82, 2.24) is 0 Å². The molecule has 1 aliphatic rings. The van der Waals surface area contributed by atoms with Crippen LogP contribution in [-0.4, -0.2) is 5.71 Å². The van der Waals surface area contributed by atoms with E-state index in [-0.39, 0.29) is 6.04 Å². The van der Waals surface area contributed by atoms with E-state index < -0.39 is 0 Å². The molecule has 0 aliphatic heterocycles. The number of rotatable bonds is 3. The Kier molecular flexibility index (Phi) is 3.29. The van der Waals surface area contributed by atoms with Gasteiger partial charge in [0.25, 0.3) is 0 Å². The lowest BCUT2D eigenvalue weighted by Gasteiger charge is -2.06. The van der Waals surface area contributed by atoms with Crippen LogP contribution in [0, 0.1) is 0 Å². The van der Waals surface area contributed by atoms with Gasteiger partial charge in [0.05, 0.1) is 11.8 Å². The summed E-state index contributed by atoms with van der Waals surface area (Å²) in [5.74, 6) is 0. The van der Waals surface area contributed by atoms with Gasteiger partial charge in [-0.2, -0.15) is 0 Å². The summed E-state index contributed by atoms with van der Waals surface area (Å²) in [5.41, 5.74) is 10.6. The molecule has 2 aromatic rings. The highest BCUT2D eigenvalue weighted by molar-refractivity contribution is 5.96. The van der Waals surface area contributed by atoms with Gasteiger partial charge in [0.1, 0.15) is 6.61 Å². The Balaban J connectivity index is 1.67. The van der Waals surface area contributed by atoms with Crippen molar-refractivity contribution in [3.05, 3.63) is 71.3 Å². The van der Waals surface area contributed by atoms with Crippen LogP contribution in [0.15, 0.2) is 59.8 Å². The van der Waals surface area contributed by atoms with Crippen LogP contribution in [0.3, 0.4) is 0 Å². The lowest BCUT2D eigenvalue weighted by molar-refractivity contribution is 0.129. The van der Waals surface area contributed by atoms with Gasteiger partial charge in [-0.1, -0.05) is 59.8 Å². The summed E-state index contributed by atoms with van der Waals surface area (Å²) < 4.78 is 0. The Morgan fingerprint density at radius 1 is 1.05 bits per heavy atom. The standard InChI is InChI=1S/C16H16N2O/c17-16-14-9-5-4-8-13(14)10-15(16)18-19-11-12-6-2-1-3-7-12/h1-9,16H,10-11,17H2/b18-15-. The maximum absolute atomic E-state index is 6.16. The van der Waals surface area contributed by atoms with E-state index in [4.69, 9.17) is 10.6 Å². The molecule has 0 saturated carbocycles. The van der Waals surface area contributed by atoms with Crippen LogP contribution in [-0.2, 0) is 17.9 Å². The topological polar surface area (TPSA) is 47.6 Å². The number of nitrogens with two attached hydrogens (primary N) is 1. The van der Waals surface area contributed by atoms with E-state index in [1.807, 2.05) is 42.5 Å². The highest BCUT2D eigenvalue weighted by Crippen LogP contribution is 2.27. The minimum Gasteiger partial charge on any atom is -0.391 e. The maximum Gasteiger partial charge on any atom is 0.142 e. The first-order valence-corrected chi connectivity index (χ1v) is 6.40. The minimum atomic E-state index is -0.132. The second kappa shape index (κ2) is 5.24. The smallest absolute Gasteiger partial charge is 0.142 e. The number of nitrogens with zero attached hydrogens (tertiary/aromatic N) is 1. The maximum atomic E-state index is 6.16. The molecule has 2 N–H and O–H groups in total. The van der Waals surface area contributed by atoms with Crippen molar-refractivity contribution in [1.29, 1.82) is 0 Å². The van der Waals surface area contributed by atoms with Crippen molar-refractivity contribution < 1.29 is 4.84 Å². The summed E-state index contributed by atoms with van der Waals surface area (Å²) in [6, 6.07) is 18.0. The predicted octanol–water partition coefficient (Wildman–Crippen LogP) is 2.82. The molecule has 0 fully saturated rings. The zero-order valence-electron chi connectivity index (χ0n) is 10.6.